The lowest BCUT2D eigenvalue weighted by Crippen LogP contribution is -2.42. The van der Waals surface area contributed by atoms with E-state index in [1.165, 1.54) is 5.56 Å². The zero-order chi connectivity index (χ0) is 16.7. The average molecular weight is 347 g/mol. The Hall–Kier alpha value is -2.14. The summed E-state index contributed by atoms with van der Waals surface area (Å²) in [5.74, 6) is 1.49. The highest BCUT2D eigenvalue weighted by molar-refractivity contribution is 6.27. The van der Waals surface area contributed by atoms with Gasteiger partial charge in [0.2, 0.25) is 12.7 Å². The molecule has 0 bridgehead atoms. The minimum atomic E-state index is -0.104. The van der Waals surface area contributed by atoms with Crippen molar-refractivity contribution in [2.45, 2.75) is 18.9 Å². The number of carbonyl (C=O) groups excluding carboxylic acids is 1. The Morgan fingerprint density at radius 1 is 1.33 bits per heavy atom. The molecule has 0 N–H and O–H groups in total. The number of alkyl halides is 1. The molecule has 0 saturated carbocycles. The van der Waals surface area contributed by atoms with Gasteiger partial charge in [0.25, 0.3) is 0 Å². The van der Waals surface area contributed by atoms with Gasteiger partial charge in [-0.05, 0) is 42.2 Å². The Kier molecular flexibility index (Phi) is 3.88. The molecule has 1 aromatic rings. The van der Waals surface area contributed by atoms with E-state index in [4.69, 9.17) is 21.1 Å². The number of fused-ring (bicyclic) bond motifs is 2. The van der Waals surface area contributed by atoms with E-state index in [1.54, 1.807) is 0 Å². The molecule has 1 aliphatic carbocycles. The van der Waals surface area contributed by atoms with Crippen molar-refractivity contribution in [3.63, 3.8) is 0 Å². The van der Waals surface area contributed by atoms with Gasteiger partial charge in [0.15, 0.2) is 11.5 Å². The van der Waals surface area contributed by atoms with Gasteiger partial charge in [-0.3, -0.25) is 4.79 Å². The Labute approximate surface area is 145 Å². The topological polar surface area (TPSA) is 43.7 Å². The summed E-state index contributed by atoms with van der Waals surface area (Å²) in [4.78, 5) is 14.3. The van der Waals surface area contributed by atoms with Crippen LogP contribution in [-0.4, -0.2) is 34.6 Å². The van der Waals surface area contributed by atoms with Crippen molar-refractivity contribution in [3.8, 4) is 0 Å². The number of allylic oxidation sites excluding steroid dienone is 3. The summed E-state index contributed by atoms with van der Waals surface area (Å²) in [6.07, 6.45) is 9.63. The fourth-order valence-corrected chi connectivity index (χ4v) is 3.82. The van der Waals surface area contributed by atoms with E-state index in [-0.39, 0.29) is 24.6 Å². The van der Waals surface area contributed by atoms with Gasteiger partial charge >= 0.3 is 0 Å². The average Bonchev–Trinajstić information content (AvgIpc) is 3.15. The number of amides is 1. The summed E-state index contributed by atoms with van der Waals surface area (Å²) in [6, 6.07) is 2.03. The normalized spacial score (nSPS) is 22.3. The third kappa shape index (κ3) is 2.44. The second kappa shape index (κ2) is 6.06. The predicted octanol–water partition coefficient (Wildman–Crippen LogP) is 2.79. The molecule has 0 unspecified atom stereocenters. The van der Waals surface area contributed by atoms with Gasteiger partial charge in [-0.2, -0.15) is 0 Å². The van der Waals surface area contributed by atoms with Crippen LogP contribution in [0, 0.1) is 0 Å². The largest absolute Gasteiger partial charge is 0.454 e. The molecule has 126 valence electrons. The van der Waals surface area contributed by atoms with Crippen molar-refractivity contribution >= 4 is 17.5 Å². The molecule has 24 heavy (non-hydrogen) atoms. The van der Waals surface area contributed by atoms with Crippen LogP contribution < -0.4 is 0 Å². The molecule has 0 aromatic carbocycles. The lowest BCUT2D eigenvalue weighted by molar-refractivity contribution is -0.130. The van der Waals surface area contributed by atoms with Gasteiger partial charge < -0.3 is 18.9 Å². The number of ether oxygens (including phenoxy) is 2. The molecule has 0 spiro atoms. The molecule has 1 saturated heterocycles. The van der Waals surface area contributed by atoms with Crippen molar-refractivity contribution in [2.24, 2.45) is 7.05 Å². The van der Waals surface area contributed by atoms with Crippen molar-refractivity contribution in [1.82, 2.24) is 9.47 Å². The van der Waals surface area contributed by atoms with E-state index < -0.39 is 0 Å². The Bertz CT molecular complexity index is 775. The zero-order valence-electron chi connectivity index (χ0n) is 13.5. The van der Waals surface area contributed by atoms with Crippen LogP contribution in [0.1, 0.15) is 23.7 Å². The van der Waals surface area contributed by atoms with Crippen LogP contribution in [0.2, 0.25) is 0 Å². The van der Waals surface area contributed by atoms with Crippen LogP contribution in [0.4, 0.5) is 0 Å². The van der Waals surface area contributed by atoms with Crippen LogP contribution in [0.25, 0.3) is 0 Å². The van der Waals surface area contributed by atoms with Crippen LogP contribution in [0.15, 0.2) is 47.6 Å². The predicted molar refractivity (Wildman–Crippen MR) is 90.2 cm³/mol. The zero-order valence-corrected chi connectivity index (χ0v) is 14.3. The maximum Gasteiger partial charge on any atom is 0.238 e. The summed E-state index contributed by atoms with van der Waals surface area (Å²) in [6.45, 7) is 0.952. The summed E-state index contributed by atoms with van der Waals surface area (Å²) in [7, 11) is 2.02. The van der Waals surface area contributed by atoms with E-state index in [1.807, 2.05) is 24.1 Å². The number of halogens is 1. The SMILES string of the molecule is Cn1ccc2c1[C@@H](C1=CC=C3OCOC3=CC1)N(C(=O)CCl)CC2. The molecule has 1 amide bonds. The van der Waals surface area contributed by atoms with E-state index in [0.29, 0.717) is 13.0 Å². The quantitative estimate of drug-likeness (QED) is 0.773. The van der Waals surface area contributed by atoms with Gasteiger partial charge in [0, 0.05) is 25.5 Å². The maximum absolute atomic E-state index is 12.4. The van der Waals surface area contributed by atoms with Crippen LogP contribution in [0.5, 0.6) is 0 Å². The van der Waals surface area contributed by atoms with E-state index >= 15 is 0 Å². The summed E-state index contributed by atoms with van der Waals surface area (Å²) in [5.41, 5.74) is 3.59. The van der Waals surface area contributed by atoms with Gasteiger partial charge in [0.1, 0.15) is 5.88 Å². The molecule has 1 aromatic heterocycles. The first-order valence-electron chi connectivity index (χ1n) is 8.05. The van der Waals surface area contributed by atoms with Crippen molar-refractivity contribution < 1.29 is 14.3 Å². The number of nitrogens with zero attached hydrogens (tertiary/aromatic N) is 2. The van der Waals surface area contributed by atoms with Crippen molar-refractivity contribution in [2.75, 3.05) is 19.2 Å². The molecule has 3 aliphatic rings. The summed E-state index contributed by atoms with van der Waals surface area (Å²) < 4.78 is 13.0. The highest BCUT2D eigenvalue weighted by Gasteiger charge is 2.35. The molecule has 4 rings (SSSR count). The van der Waals surface area contributed by atoms with E-state index in [2.05, 4.69) is 22.9 Å². The first-order valence-corrected chi connectivity index (χ1v) is 8.59. The number of hydrogen-bond acceptors (Lipinski definition) is 3. The number of hydrogen-bond donors (Lipinski definition) is 0. The Balaban J connectivity index is 1.78. The van der Waals surface area contributed by atoms with Gasteiger partial charge in [-0.15, -0.1) is 11.6 Å². The third-order valence-corrected chi connectivity index (χ3v) is 5.06. The number of aromatic nitrogens is 1. The summed E-state index contributed by atoms with van der Waals surface area (Å²) in [5, 5.41) is 0. The highest BCUT2D eigenvalue weighted by Crippen LogP contribution is 2.39. The molecule has 1 atom stereocenters. The summed E-state index contributed by atoms with van der Waals surface area (Å²) >= 11 is 5.86. The molecule has 1 fully saturated rings. The molecule has 0 radical (unpaired) electrons. The molecular weight excluding hydrogens is 328 g/mol. The number of rotatable bonds is 2. The third-order valence-electron chi connectivity index (χ3n) is 4.83. The van der Waals surface area contributed by atoms with Gasteiger partial charge in [-0.25, -0.2) is 0 Å². The maximum atomic E-state index is 12.4. The second-order valence-corrected chi connectivity index (χ2v) is 6.43. The smallest absolute Gasteiger partial charge is 0.238 e. The first kappa shape index (κ1) is 15.4. The Morgan fingerprint density at radius 2 is 2.17 bits per heavy atom. The fraction of sp³-hybridized carbons (Fsp3) is 0.389. The second-order valence-electron chi connectivity index (χ2n) is 6.16. The van der Waals surface area contributed by atoms with Crippen molar-refractivity contribution in [3.05, 3.63) is 58.8 Å². The van der Waals surface area contributed by atoms with E-state index in [9.17, 15) is 4.79 Å². The first-order chi connectivity index (χ1) is 11.7. The molecule has 2 aliphatic heterocycles. The van der Waals surface area contributed by atoms with Crippen molar-refractivity contribution in [1.29, 1.82) is 0 Å². The van der Waals surface area contributed by atoms with Gasteiger partial charge in [-0.1, -0.05) is 6.08 Å². The number of carbonyl (C=O) groups is 1. The van der Waals surface area contributed by atoms with Crippen LogP contribution in [0.3, 0.4) is 0 Å². The molecule has 3 heterocycles. The lowest BCUT2D eigenvalue weighted by Gasteiger charge is -2.37. The minimum absolute atomic E-state index is 0.00205. The van der Waals surface area contributed by atoms with Gasteiger partial charge in [0.05, 0.1) is 6.04 Å². The van der Waals surface area contributed by atoms with Crippen LogP contribution in [-0.2, 0) is 27.7 Å². The fourth-order valence-electron chi connectivity index (χ4n) is 3.67. The van der Waals surface area contributed by atoms with E-state index in [0.717, 1.165) is 29.2 Å². The molecular formula is C18H19ClN2O3. The monoisotopic (exact) mass is 346 g/mol. The molecule has 6 heteroatoms. The minimum Gasteiger partial charge on any atom is -0.454 e. The Morgan fingerprint density at radius 3 is 3.00 bits per heavy atom. The standard InChI is InChI=1S/C18H19ClN2O3/c1-20-8-6-13-7-9-21(16(22)10-19)18(17(13)20)12-2-4-14-15(5-3-12)24-11-23-14/h2,4-6,8,18H,3,7,9-11H2,1H3/t18-/m1/s1. The van der Waals surface area contributed by atoms with Crippen LogP contribution >= 0.6 is 11.6 Å². The number of aryl methyl sites for hydroxylation is 1. The highest BCUT2D eigenvalue weighted by atomic mass is 35.5. The lowest BCUT2D eigenvalue weighted by atomic mass is 9.91. The molecule has 5 nitrogen and oxygen atoms in total.